The minimum Gasteiger partial charge on any atom is -0.493 e. The number of fused-ring (bicyclic) bond motifs is 1. The van der Waals surface area contributed by atoms with Crippen LogP contribution < -0.4 is 25.3 Å². The lowest BCUT2D eigenvalue weighted by Gasteiger charge is -2.14. The number of nitrogens with two attached hydrogens (primary N) is 1. The second-order valence-electron chi connectivity index (χ2n) is 10.1. The fraction of sp³-hybridized carbons (Fsp3) is 0.367. The zero-order valence-electron chi connectivity index (χ0n) is 23.7. The van der Waals surface area contributed by atoms with Gasteiger partial charge in [-0.25, -0.2) is 4.39 Å². The lowest BCUT2D eigenvalue weighted by Crippen LogP contribution is -2.33. The van der Waals surface area contributed by atoms with E-state index in [1.165, 1.54) is 33.5 Å². The normalized spacial score (nSPS) is 14.0. The van der Waals surface area contributed by atoms with E-state index in [1.54, 1.807) is 24.4 Å². The Hall–Kier alpha value is -4.38. The van der Waals surface area contributed by atoms with Crippen LogP contribution in [0.3, 0.4) is 0 Å². The summed E-state index contributed by atoms with van der Waals surface area (Å²) in [4.78, 5) is 38.4. The van der Waals surface area contributed by atoms with Gasteiger partial charge in [0.05, 0.1) is 39.1 Å². The van der Waals surface area contributed by atoms with Crippen molar-refractivity contribution < 1.29 is 37.7 Å². The number of rotatable bonds is 12. The van der Waals surface area contributed by atoms with Crippen molar-refractivity contribution in [2.45, 2.75) is 39.3 Å². The molecule has 41 heavy (non-hydrogen) atoms. The first-order valence-electron chi connectivity index (χ1n) is 13.2. The van der Waals surface area contributed by atoms with Crippen molar-refractivity contribution >= 4 is 39.8 Å². The van der Waals surface area contributed by atoms with Crippen LogP contribution in [0.1, 0.15) is 37.8 Å². The van der Waals surface area contributed by atoms with Crippen molar-refractivity contribution in [2.75, 3.05) is 27.9 Å². The first kappa shape index (κ1) is 29.6. The number of carbonyl (C=O) groups is 3. The highest BCUT2D eigenvalue weighted by Crippen LogP contribution is 2.43. The summed E-state index contributed by atoms with van der Waals surface area (Å²) < 4.78 is 37.9. The Morgan fingerprint density at radius 2 is 1.66 bits per heavy atom. The van der Waals surface area contributed by atoms with E-state index in [0.717, 1.165) is 0 Å². The average Bonchev–Trinajstić information content (AvgIpc) is 3.44. The molecule has 4 rings (SSSR count). The summed E-state index contributed by atoms with van der Waals surface area (Å²) in [5, 5.41) is 2.81. The van der Waals surface area contributed by atoms with Crippen LogP contribution in [0.4, 0.5) is 4.39 Å². The van der Waals surface area contributed by atoms with E-state index >= 15 is 0 Å². The van der Waals surface area contributed by atoms with Gasteiger partial charge < -0.3 is 29.2 Å². The Bertz CT molecular complexity index is 1500. The number of carbonyl (C=O) groups excluding carboxylic acids is 3. The van der Waals surface area contributed by atoms with Crippen molar-refractivity contribution in [3.8, 4) is 17.2 Å². The molecule has 3 N–H and O–H groups in total. The monoisotopic (exact) mass is 567 g/mol. The predicted octanol–water partition coefficient (Wildman–Crippen LogP) is 3.68. The van der Waals surface area contributed by atoms with Crippen molar-refractivity contribution in [3.63, 3.8) is 0 Å². The second kappa shape index (κ2) is 12.4. The SMILES string of the molecule is COc1cc(C2=C(c3cn(CCCOC(=O)C(N)CC(C)C)c4ccc(F)cc34)C(=O)NC2=O)cc(OC)c1OC. The molecule has 1 atom stereocenters. The van der Waals surface area contributed by atoms with Gasteiger partial charge in [0.2, 0.25) is 5.75 Å². The largest absolute Gasteiger partial charge is 0.493 e. The maximum atomic E-state index is 14.4. The highest BCUT2D eigenvalue weighted by Gasteiger charge is 2.35. The van der Waals surface area contributed by atoms with Gasteiger partial charge in [-0.15, -0.1) is 0 Å². The lowest BCUT2D eigenvalue weighted by atomic mass is 9.95. The van der Waals surface area contributed by atoms with Gasteiger partial charge in [-0.05, 0) is 54.7 Å². The number of nitrogens with zero attached hydrogens (tertiary/aromatic N) is 1. The van der Waals surface area contributed by atoms with Crippen LogP contribution in [0, 0.1) is 11.7 Å². The first-order chi connectivity index (χ1) is 19.6. The molecule has 0 radical (unpaired) electrons. The standard InChI is InChI=1S/C30H34FN3O7/c1-16(2)11-21(32)30(37)41-10-6-9-34-15-20(19-14-18(31)7-8-22(19)34)26-25(28(35)33-29(26)36)17-12-23(38-3)27(40-5)24(13-17)39-4/h7-8,12-16,21H,6,9-11,32H2,1-5H3,(H,33,35,36). The number of aromatic nitrogens is 1. The number of hydrogen-bond donors (Lipinski definition) is 2. The van der Waals surface area contributed by atoms with E-state index in [-0.39, 0.29) is 23.7 Å². The van der Waals surface area contributed by atoms with Crippen molar-refractivity contribution in [3.05, 3.63) is 53.5 Å². The summed E-state index contributed by atoms with van der Waals surface area (Å²) in [5.74, 6) is -0.980. The topological polar surface area (TPSA) is 131 Å². The molecule has 1 aromatic heterocycles. The van der Waals surface area contributed by atoms with E-state index in [0.29, 0.717) is 58.7 Å². The summed E-state index contributed by atoms with van der Waals surface area (Å²) >= 11 is 0. The molecule has 3 aromatic rings. The van der Waals surface area contributed by atoms with E-state index in [2.05, 4.69) is 5.32 Å². The molecule has 10 nitrogen and oxygen atoms in total. The first-order valence-corrected chi connectivity index (χ1v) is 13.2. The van der Waals surface area contributed by atoms with Gasteiger partial charge in [-0.2, -0.15) is 0 Å². The van der Waals surface area contributed by atoms with Gasteiger partial charge in [-0.1, -0.05) is 13.8 Å². The molecule has 1 unspecified atom stereocenters. The Morgan fingerprint density at radius 1 is 1.00 bits per heavy atom. The van der Waals surface area contributed by atoms with Gasteiger partial charge in [0.15, 0.2) is 11.5 Å². The molecular formula is C30H34FN3O7. The van der Waals surface area contributed by atoms with Crippen LogP contribution in [0.2, 0.25) is 0 Å². The molecule has 0 spiro atoms. The summed E-state index contributed by atoms with van der Waals surface area (Å²) in [7, 11) is 4.35. The Kier molecular flexibility index (Phi) is 8.97. The number of methoxy groups -OCH3 is 3. The van der Waals surface area contributed by atoms with Gasteiger partial charge in [0.25, 0.3) is 11.8 Å². The number of benzene rings is 2. The minimum absolute atomic E-state index is 0.0877. The minimum atomic E-state index is -0.684. The van der Waals surface area contributed by atoms with E-state index < -0.39 is 29.6 Å². The number of halogens is 1. The maximum Gasteiger partial charge on any atom is 0.322 e. The zero-order valence-corrected chi connectivity index (χ0v) is 23.7. The third kappa shape index (κ3) is 6.04. The van der Waals surface area contributed by atoms with Crippen LogP contribution in [-0.4, -0.2) is 56.3 Å². The third-order valence-electron chi connectivity index (χ3n) is 6.81. The number of ether oxygens (including phenoxy) is 4. The quantitative estimate of drug-likeness (QED) is 0.193. The molecule has 0 bridgehead atoms. The highest BCUT2D eigenvalue weighted by atomic mass is 19.1. The molecule has 0 saturated heterocycles. The summed E-state index contributed by atoms with van der Waals surface area (Å²) in [6.07, 6.45) is 2.67. The second-order valence-corrected chi connectivity index (χ2v) is 10.1. The number of esters is 1. The number of aryl methyl sites for hydroxylation is 1. The van der Waals surface area contributed by atoms with Crippen LogP contribution >= 0.6 is 0 Å². The van der Waals surface area contributed by atoms with Crippen molar-refractivity contribution in [2.24, 2.45) is 11.7 Å². The lowest BCUT2D eigenvalue weighted by molar-refractivity contribution is -0.145. The summed E-state index contributed by atoms with van der Waals surface area (Å²) in [5.41, 5.74) is 7.46. The molecule has 0 saturated carbocycles. The zero-order chi connectivity index (χ0) is 29.8. The van der Waals surface area contributed by atoms with Crippen molar-refractivity contribution in [1.82, 2.24) is 9.88 Å². The van der Waals surface area contributed by atoms with Crippen molar-refractivity contribution in [1.29, 1.82) is 0 Å². The fourth-order valence-corrected chi connectivity index (χ4v) is 4.99. The number of nitrogens with one attached hydrogen (secondary N) is 1. The molecule has 0 fully saturated rings. The molecule has 1 aliphatic rings. The number of imide groups is 1. The van der Waals surface area contributed by atoms with Crippen LogP contribution in [0.15, 0.2) is 36.5 Å². The number of hydrogen-bond acceptors (Lipinski definition) is 8. The molecule has 2 heterocycles. The summed E-state index contributed by atoms with van der Waals surface area (Å²) in [6, 6.07) is 6.72. The fourth-order valence-electron chi connectivity index (χ4n) is 4.99. The highest BCUT2D eigenvalue weighted by molar-refractivity contribution is 6.50. The maximum absolute atomic E-state index is 14.4. The molecule has 1 aliphatic heterocycles. The van der Waals surface area contributed by atoms with E-state index in [4.69, 9.17) is 24.7 Å². The molecule has 218 valence electrons. The van der Waals surface area contributed by atoms with Gasteiger partial charge in [0.1, 0.15) is 11.9 Å². The van der Waals surface area contributed by atoms with E-state index in [1.807, 2.05) is 18.4 Å². The Labute approximate surface area is 237 Å². The van der Waals surface area contributed by atoms with Gasteiger partial charge >= 0.3 is 5.97 Å². The number of amides is 2. The molecule has 0 aliphatic carbocycles. The Morgan fingerprint density at radius 3 is 2.27 bits per heavy atom. The van der Waals surface area contributed by atoms with Crippen LogP contribution in [0.5, 0.6) is 17.2 Å². The average molecular weight is 568 g/mol. The van der Waals surface area contributed by atoms with Crippen LogP contribution in [0.25, 0.3) is 22.0 Å². The molecule has 2 amide bonds. The summed E-state index contributed by atoms with van der Waals surface area (Å²) in [6.45, 7) is 4.49. The molecule has 2 aromatic carbocycles. The Balaban J connectivity index is 1.73. The molecular weight excluding hydrogens is 533 g/mol. The third-order valence-corrected chi connectivity index (χ3v) is 6.81. The van der Waals surface area contributed by atoms with Gasteiger partial charge in [0, 0.05) is 29.2 Å². The van der Waals surface area contributed by atoms with Gasteiger partial charge in [-0.3, -0.25) is 19.7 Å². The predicted molar refractivity (Wildman–Crippen MR) is 151 cm³/mol. The molecule has 11 heteroatoms. The van der Waals surface area contributed by atoms with Crippen LogP contribution in [-0.2, 0) is 25.7 Å². The van der Waals surface area contributed by atoms with E-state index in [9.17, 15) is 18.8 Å². The smallest absolute Gasteiger partial charge is 0.322 e.